The first-order chi connectivity index (χ1) is 16.9. The normalized spacial score (nSPS) is 14.6. The van der Waals surface area contributed by atoms with Crippen molar-refractivity contribution in [3.63, 3.8) is 0 Å². The molecule has 10 nitrogen and oxygen atoms in total. The highest BCUT2D eigenvalue weighted by Crippen LogP contribution is 2.31. The van der Waals surface area contributed by atoms with E-state index in [0.29, 0.717) is 62.2 Å². The first-order valence-electron chi connectivity index (χ1n) is 11.6. The van der Waals surface area contributed by atoms with Crippen molar-refractivity contribution >= 4 is 27.3 Å². The van der Waals surface area contributed by atoms with E-state index >= 15 is 0 Å². The third-order valence-corrected chi connectivity index (χ3v) is 7.94. The molecule has 1 aromatic carbocycles. The summed E-state index contributed by atoms with van der Waals surface area (Å²) in [5.74, 6) is 0.227. The fourth-order valence-electron chi connectivity index (χ4n) is 4.08. The Labute approximate surface area is 205 Å². The first-order valence-corrected chi connectivity index (χ1v) is 13.0. The van der Waals surface area contributed by atoms with E-state index in [9.17, 15) is 13.2 Å². The molecule has 2 aromatic heterocycles. The minimum absolute atomic E-state index is 0.131. The average Bonchev–Trinajstić information content (AvgIpc) is 3.28. The van der Waals surface area contributed by atoms with Gasteiger partial charge in [-0.05, 0) is 51.1 Å². The number of hydrogen-bond donors (Lipinski definition) is 1. The molecule has 1 N–H and O–H groups in total. The van der Waals surface area contributed by atoms with E-state index < -0.39 is 10.0 Å². The van der Waals surface area contributed by atoms with Gasteiger partial charge in [-0.1, -0.05) is 6.07 Å². The summed E-state index contributed by atoms with van der Waals surface area (Å²) in [6.07, 6.45) is 3.15. The first kappa shape index (κ1) is 24.8. The molecule has 1 amide bonds. The highest BCUT2D eigenvalue weighted by molar-refractivity contribution is 7.89. The van der Waals surface area contributed by atoms with Gasteiger partial charge in [-0.25, -0.2) is 18.1 Å². The van der Waals surface area contributed by atoms with Crippen LogP contribution in [0.1, 0.15) is 29.9 Å². The van der Waals surface area contributed by atoms with Gasteiger partial charge in [0.05, 0.1) is 46.9 Å². The Balaban J connectivity index is 1.69. The second-order valence-corrected chi connectivity index (χ2v) is 10.0. The lowest BCUT2D eigenvalue weighted by Gasteiger charge is -2.28. The van der Waals surface area contributed by atoms with E-state index in [0.717, 1.165) is 5.69 Å². The smallest absolute Gasteiger partial charge is 0.259 e. The lowest BCUT2D eigenvalue weighted by Crippen LogP contribution is -2.40. The largest absolute Gasteiger partial charge is 0.379 e. The highest BCUT2D eigenvalue weighted by atomic mass is 32.2. The number of pyridine rings is 1. The molecule has 0 aliphatic carbocycles. The minimum atomic E-state index is -3.72. The number of hydrogen-bond acceptors (Lipinski definition) is 7. The van der Waals surface area contributed by atoms with Crippen LogP contribution in [0.5, 0.6) is 0 Å². The van der Waals surface area contributed by atoms with Gasteiger partial charge in [0.15, 0.2) is 5.82 Å². The molecule has 0 unspecified atom stereocenters. The molecule has 1 aliphatic heterocycles. The summed E-state index contributed by atoms with van der Waals surface area (Å²) in [4.78, 5) is 19.8. The van der Waals surface area contributed by atoms with Crippen molar-refractivity contribution in [1.29, 1.82) is 0 Å². The maximum absolute atomic E-state index is 13.3. The number of carbonyl (C=O) groups excluding carboxylic acids is 1. The van der Waals surface area contributed by atoms with Gasteiger partial charge >= 0.3 is 0 Å². The monoisotopic (exact) mass is 498 g/mol. The number of amides is 1. The molecular weight excluding hydrogens is 468 g/mol. The fourth-order valence-corrected chi connectivity index (χ4v) is 5.52. The van der Waals surface area contributed by atoms with Crippen LogP contribution in [0.4, 0.5) is 11.4 Å². The number of morpholine rings is 1. The highest BCUT2D eigenvalue weighted by Gasteiger charge is 2.28. The van der Waals surface area contributed by atoms with Crippen LogP contribution in [0.2, 0.25) is 0 Å². The minimum Gasteiger partial charge on any atom is -0.379 e. The van der Waals surface area contributed by atoms with Gasteiger partial charge in [0.2, 0.25) is 10.0 Å². The van der Waals surface area contributed by atoms with E-state index in [4.69, 9.17) is 4.74 Å². The molecule has 0 atom stereocenters. The van der Waals surface area contributed by atoms with Crippen molar-refractivity contribution < 1.29 is 17.9 Å². The van der Waals surface area contributed by atoms with Gasteiger partial charge in [0.25, 0.3) is 5.91 Å². The number of anilines is 2. The number of rotatable bonds is 8. The number of nitrogens with one attached hydrogen (secondary N) is 1. The topological polar surface area (TPSA) is 110 Å². The summed E-state index contributed by atoms with van der Waals surface area (Å²) in [7, 11) is -3.72. The Morgan fingerprint density at radius 1 is 1.14 bits per heavy atom. The zero-order valence-corrected chi connectivity index (χ0v) is 21.0. The molecule has 186 valence electrons. The third kappa shape index (κ3) is 5.07. The third-order valence-electron chi connectivity index (χ3n) is 6.05. The number of ether oxygens (including phenoxy) is 1. The van der Waals surface area contributed by atoms with Crippen LogP contribution in [0, 0.1) is 6.92 Å². The second kappa shape index (κ2) is 10.5. The van der Waals surface area contributed by atoms with Gasteiger partial charge in [-0.3, -0.25) is 4.79 Å². The van der Waals surface area contributed by atoms with Crippen molar-refractivity contribution in [2.24, 2.45) is 0 Å². The second-order valence-electron chi connectivity index (χ2n) is 8.07. The Morgan fingerprint density at radius 3 is 2.54 bits per heavy atom. The molecule has 0 saturated carbocycles. The van der Waals surface area contributed by atoms with Gasteiger partial charge in [-0.15, -0.1) is 0 Å². The summed E-state index contributed by atoms with van der Waals surface area (Å²) in [6.45, 7) is 8.53. The van der Waals surface area contributed by atoms with Crippen LogP contribution in [0.3, 0.4) is 0 Å². The maximum atomic E-state index is 13.3. The van der Waals surface area contributed by atoms with Crippen LogP contribution in [0.25, 0.3) is 5.82 Å². The van der Waals surface area contributed by atoms with Crippen LogP contribution >= 0.6 is 0 Å². The van der Waals surface area contributed by atoms with Crippen molar-refractivity contribution in [3.05, 3.63) is 60.0 Å². The predicted molar refractivity (Wildman–Crippen MR) is 134 cm³/mol. The standard InChI is InChI=1S/C24H30N6O4S/c1-4-28(5-2)22-10-9-19(35(32,33)29-12-14-34-15-13-29)16-21(22)27-24(31)20-17-26-30(18(20)3)23-8-6-7-11-25-23/h6-11,16-17H,4-5,12-15H2,1-3H3,(H,27,31). The molecule has 1 fully saturated rings. The van der Waals surface area contributed by atoms with Gasteiger partial charge < -0.3 is 15.0 Å². The van der Waals surface area contributed by atoms with Crippen molar-refractivity contribution in [1.82, 2.24) is 19.1 Å². The fraction of sp³-hybridized carbons (Fsp3) is 0.375. The molecule has 11 heteroatoms. The van der Waals surface area contributed by atoms with Crippen molar-refractivity contribution in [3.8, 4) is 5.82 Å². The molecule has 0 spiro atoms. The van der Waals surface area contributed by atoms with Crippen LogP contribution in [-0.2, 0) is 14.8 Å². The molecule has 35 heavy (non-hydrogen) atoms. The molecule has 4 rings (SSSR count). The lowest BCUT2D eigenvalue weighted by molar-refractivity contribution is 0.0730. The summed E-state index contributed by atoms with van der Waals surface area (Å²) in [5.41, 5.74) is 2.18. The Hall–Kier alpha value is -3.28. The molecule has 3 heterocycles. The summed E-state index contributed by atoms with van der Waals surface area (Å²) in [6, 6.07) is 10.3. The Bertz CT molecular complexity index is 1280. The van der Waals surface area contributed by atoms with E-state index in [1.54, 1.807) is 36.0 Å². The quantitative estimate of drug-likeness (QED) is 0.508. The van der Waals surface area contributed by atoms with Crippen molar-refractivity contribution in [2.75, 3.05) is 49.6 Å². The van der Waals surface area contributed by atoms with Gasteiger partial charge in [-0.2, -0.15) is 9.40 Å². The molecule has 0 bridgehead atoms. The lowest BCUT2D eigenvalue weighted by atomic mass is 10.2. The number of carbonyl (C=O) groups is 1. The van der Waals surface area contributed by atoms with Gasteiger partial charge in [0.1, 0.15) is 0 Å². The van der Waals surface area contributed by atoms with Crippen LogP contribution in [-0.4, -0.2) is 72.8 Å². The Morgan fingerprint density at radius 2 is 1.89 bits per heavy atom. The summed E-state index contributed by atoms with van der Waals surface area (Å²) < 4.78 is 34.8. The number of sulfonamides is 1. The molecule has 1 saturated heterocycles. The Kier molecular flexibility index (Phi) is 7.48. The van der Waals surface area contributed by atoms with Crippen LogP contribution in [0.15, 0.2) is 53.7 Å². The van der Waals surface area contributed by atoms with E-state index in [-0.39, 0.29) is 10.8 Å². The molecular formula is C24H30N6O4S. The summed E-state index contributed by atoms with van der Waals surface area (Å²) in [5, 5.41) is 7.26. The molecule has 1 aliphatic rings. The summed E-state index contributed by atoms with van der Waals surface area (Å²) >= 11 is 0. The molecule has 3 aromatic rings. The maximum Gasteiger partial charge on any atom is 0.259 e. The average molecular weight is 499 g/mol. The predicted octanol–water partition coefficient (Wildman–Crippen LogP) is 2.70. The zero-order valence-electron chi connectivity index (χ0n) is 20.1. The van der Waals surface area contributed by atoms with E-state index in [1.807, 2.05) is 26.0 Å². The number of benzene rings is 1. The SMILES string of the molecule is CCN(CC)c1ccc(S(=O)(=O)N2CCOCC2)cc1NC(=O)c1cnn(-c2ccccn2)c1C. The number of aromatic nitrogens is 3. The van der Waals surface area contributed by atoms with Gasteiger partial charge in [0, 0.05) is 32.4 Å². The molecule has 0 radical (unpaired) electrons. The van der Waals surface area contributed by atoms with Crippen molar-refractivity contribution in [2.45, 2.75) is 25.7 Å². The van der Waals surface area contributed by atoms with E-state index in [1.165, 1.54) is 16.6 Å². The van der Waals surface area contributed by atoms with E-state index in [2.05, 4.69) is 20.3 Å². The van der Waals surface area contributed by atoms with Crippen LogP contribution < -0.4 is 10.2 Å². The zero-order chi connectivity index (χ0) is 25.0. The number of nitrogens with zero attached hydrogens (tertiary/aromatic N) is 5.